The summed E-state index contributed by atoms with van der Waals surface area (Å²) in [6.45, 7) is 0.227. The van der Waals surface area contributed by atoms with Crippen LogP contribution in [0.15, 0.2) is 70.7 Å². The van der Waals surface area contributed by atoms with E-state index in [-0.39, 0.29) is 17.2 Å². The number of nitrogens with two attached hydrogens (primary N) is 1. The predicted octanol–water partition coefficient (Wildman–Crippen LogP) is 3.06. The minimum Gasteiger partial charge on any atom is -0.493 e. The van der Waals surface area contributed by atoms with Crippen molar-refractivity contribution in [3.05, 3.63) is 87.5 Å². The number of hydrazone groups is 1. The van der Waals surface area contributed by atoms with Crippen LogP contribution in [0, 0.1) is 10.1 Å². The molecule has 13 heteroatoms. The van der Waals surface area contributed by atoms with E-state index in [1.54, 1.807) is 42.5 Å². The van der Waals surface area contributed by atoms with Crippen LogP contribution in [0.4, 0.5) is 11.4 Å². The quantitative estimate of drug-likeness (QED) is 0.178. The number of esters is 1. The van der Waals surface area contributed by atoms with Crippen molar-refractivity contribution in [1.29, 1.82) is 0 Å². The van der Waals surface area contributed by atoms with Gasteiger partial charge in [0.25, 0.3) is 5.69 Å². The number of carbonyl (C=O) groups excluding carboxylic acids is 1. The number of hydrogen-bond donors (Lipinski definition) is 2. The van der Waals surface area contributed by atoms with Crippen molar-refractivity contribution >= 4 is 33.6 Å². The molecule has 0 aliphatic rings. The van der Waals surface area contributed by atoms with E-state index in [0.29, 0.717) is 22.6 Å². The molecule has 188 valence electrons. The van der Waals surface area contributed by atoms with Gasteiger partial charge in [0.05, 0.1) is 35.8 Å². The second kappa shape index (κ2) is 11.3. The van der Waals surface area contributed by atoms with Gasteiger partial charge >= 0.3 is 5.97 Å². The van der Waals surface area contributed by atoms with Gasteiger partial charge in [0.2, 0.25) is 10.0 Å². The molecule has 0 radical (unpaired) electrons. The molecule has 3 rings (SSSR count). The lowest BCUT2D eigenvalue weighted by atomic mass is 10.1. The normalized spacial score (nSPS) is 11.2. The van der Waals surface area contributed by atoms with E-state index in [0.717, 1.165) is 17.7 Å². The molecule has 3 aromatic rings. The van der Waals surface area contributed by atoms with Gasteiger partial charge in [-0.15, -0.1) is 0 Å². The Bertz CT molecular complexity index is 1410. The van der Waals surface area contributed by atoms with Gasteiger partial charge in [-0.1, -0.05) is 12.1 Å². The predicted molar refractivity (Wildman–Crippen MR) is 131 cm³/mol. The fraction of sp³-hybridized carbons (Fsp3) is 0.130. The first-order valence-corrected chi connectivity index (χ1v) is 11.8. The molecule has 0 saturated carbocycles. The Morgan fingerprint density at radius 2 is 1.81 bits per heavy atom. The molecule has 12 nitrogen and oxygen atoms in total. The van der Waals surface area contributed by atoms with Crippen LogP contribution in [0.25, 0.3) is 0 Å². The zero-order chi connectivity index (χ0) is 26.3. The van der Waals surface area contributed by atoms with Gasteiger partial charge in [0.1, 0.15) is 12.3 Å². The lowest BCUT2D eigenvalue weighted by molar-refractivity contribution is -0.384. The number of anilines is 1. The number of nitrogens with zero attached hydrogens (tertiary/aromatic N) is 2. The number of primary sulfonamides is 1. The number of hydrogen-bond acceptors (Lipinski definition) is 10. The Labute approximate surface area is 206 Å². The molecule has 0 aliphatic carbocycles. The molecule has 0 unspecified atom stereocenters. The summed E-state index contributed by atoms with van der Waals surface area (Å²) in [5, 5.41) is 20.3. The summed E-state index contributed by atoms with van der Waals surface area (Å²) < 4.78 is 38.8. The van der Waals surface area contributed by atoms with Gasteiger partial charge in [-0.25, -0.2) is 18.4 Å². The standard InChI is InChI=1S/C23H22N4O8S/c1-33-22-11-16(5-10-21(22)35-14-15-3-6-17(7-4-15)23(28)34-2)13-25-26-19-9-8-18(36(24,31)32)12-20(19)27(29)30/h3-13,26H,14H2,1-2H3,(H2,24,31,32)/b25-13+. The fourth-order valence-electron chi connectivity index (χ4n) is 3.01. The first kappa shape index (κ1) is 26.1. The van der Waals surface area contributed by atoms with Gasteiger partial charge in [0, 0.05) is 6.07 Å². The summed E-state index contributed by atoms with van der Waals surface area (Å²) in [6, 6.07) is 15.0. The third-order valence-electron chi connectivity index (χ3n) is 4.85. The smallest absolute Gasteiger partial charge is 0.337 e. The summed E-state index contributed by atoms with van der Waals surface area (Å²) in [5.74, 6) is 0.466. The van der Waals surface area contributed by atoms with Crippen molar-refractivity contribution < 1.29 is 32.3 Å². The number of nitro benzene ring substituents is 1. The summed E-state index contributed by atoms with van der Waals surface area (Å²) in [6.07, 6.45) is 1.40. The number of benzene rings is 3. The number of rotatable bonds is 10. The molecule has 0 aliphatic heterocycles. The number of sulfonamides is 1. The van der Waals surface area contributed by atoms with E-state index in [4.69, 9.17) is 14.6 Å². The van der Waals surface area contributed by atoms with Crippen molar-refractivity contribution in [2.75, 3.05) is 19.6 Å². The Balaban J connectivity index is 1.69. The minimum atomic E-state index is -4.10. The van der Waals surface area contributed by atoms with E-state index in [9.17, 15) is 23.3 Å². The summed E-state index contributed by atoms with van der Waals surface area (Å²) in [5.41, 5.74) is 3.86. The van der Waals surface area contributed by atoms with Crippen LogP contribution in [-0.2, 0) is 21.4 Å². The number of ether oxygens (including phenoxy) is 3. The highest BCUT2D eigenvalue weighted by Crippen LogP contribution is 2.29. The summed E-state index contributed by atoms with van der Waals surface area (Å²) >= 11 is 0. The maximum absolute atomic E-state index is 11.5. The van der Waals surface area contributed by atoms with Crippen LogP contribution in [-0.4, -0.2) is 39.7 Å². The molecule has 0 atom stereocenters. The Kier molecular flexibility index (Phi) is 8.19. The SMILES string of the molecule is COC(=O)c1ccc(COc2ccc(/C=N/Nc3ccc(S(N)(=O)=O)cc3[N+](=O)[O-])cc2OC)cc1. The monoisotopic (exact) mass is 514 g/mol. The second-order valence-electron chi connectivity index (χ2n) is 7.24. The van der Waals surface area contributed by atoms with Gasteiger partial charge in [-0.3, -0.25) is 15.5 Å². The molecule has 0 spiro atoms. The van der Waals surface area contributed by atoms with E-state index < -0.39 is 26.6 Å². The largest absolute Gasteiger partial charge is 0.493 e. The third kappa shape index (κ3) is 6.55. The third-order valence-corrected chi connectivity index (χ3v) is 5.76. The Morgan fingerprint density at radius 1 is 1.08 bits per heavy atom. The van der Waals surface area contributed by atoms with Crippen LogP contribution in [0.1, 0.15) is 21.5 Å². The Hall–Kier alpha value is -4.49. The zero-order valence-electron chi connectivity index (χ0n) is 19.2. The summed E-state index contributed by atoms with van der Waals surface area (Å²) in [4.78, 5) is 21.7. The summed E-state index contributed by atoms with van der Waals surface area (Å²) in [7, 11) is -1.31. The molecule has 0 bridgehead atoms. The highest BCUT2D eigenvalue weighted by atomic mass is 32.2. The van der Waals surface area contributed by atoms with Crippen LogP contribution in [0.3, 0.4) is 0 Å². The van der Waals surface area contributed by atoms with E-state index in [1.165, 1.54) is 26.5 Å². The number of carbonyl (C=O) groups is 1. The van der Waals surface area contributed by atoms with E-state index >= 15 is 0 Å². The van der Waals surface area contributed by atoms with Crippen molar-refractivity contribution in [1.82, 2.24) is 0 Å². The van der Waals surface area contributed by atoms with E-state index in [1.807, 2.05) is 0 Å². The molecule has 3 aromatic carbocycles. The van der Waals surface area contributed by atoms with Crippen LogP contribution in [0.5, 0.6) is 11.5 Å². The molecule has 0 heterocycles. The van der Waals surface area contributed by atoms with Crippen molar-refractivity contribution in [2.24, 2.45) is 10.2 Å². The molecular weight excluding hydrogens is 492 g/mol. The molecule has 0 aromatic heterocycles. The number of nitrogens with one attached hydrogen (secondary N) is 1. The van der Waals surface area contributed by atoms with Gasteiger partial charge < -0.3 is 14.2 Å². The van der Waals surface area contributed by atoms with Crippen molar-refractivity contribution in [3.8, 4) is 11.5 Å². The first-order valence-electron chi connectivity index (χ1n) is 10.2. The maximum atomic E-state index is 11.5. The van der Waals surface area contributed by atoms with Crippen molar-refractivity contribution in [2.45, 2.75) is 11.5 Å². The lowest BCUT2D eigenvalue weighted by Crippen LogP contribution is -2.12. The molecule has 36 heavy (non-hydrogen) atoms. The molecule has 0 saturated heterocycles. The highest BCUT2D eigenvalue weighted by molar-refractivity contribution is 7.89. The molecular formula is C23H22N4O8S. The Morgan fingerprint density at radius 3 is 2.42 bits per heavy atom. The number of methoxy groups -OCH3 is 2. The topological polar surface area (TPSA) is 172 Å². The van der Waals surface area contributed by atoms with Gasteiger partial charge in [-0.05, 0) is 53.6 Å². The molecule has 0 fully saturated rings. The first-order chi connectivity index (χ1) is 17.1. The lowest BCUT2D eigenvalue weighted by Gasteiger charge is -2.11. The highest BCUT2D eigenvalue weighted by Gasteiger charge is 2.18. The van der Waals surface area contributed by atoms with Crippen LogP contribution >= 0.6 is 0 Å². The van der Waals surface area contributed by atoms with Crippen LogP contribution in [0.2, 0.25) is 0 Å². The van der Waals surface area contributed by atoms with Crippen LogP contribution < -0.4 is 20.0 Å². The second-order valence-corrected chi connectivity index (χ2v) is 8.80. The van der Waals surface area contributed by atoms with Gasteiger partial charge in [-0.2, -0.15) is 5.10 Å². The molecule has 3 N–H and O–H groups in total. The van der Waals surface area contributed by atoms with Gasteiger partial charge in [0.15, 0.2) is 11.5 Å². The number of nitro groups is 1. The molecule has 0 amide bonds. The minimum absolute atomic E-state index is 0.0196. The van der Waals surface area contributed by atoms with Crippen molar-refractivity contribution in [3.63, 3.8) is 0 Å². The maximum Gasteiger partial charge on any atom is 0.337 e. The average Bonchev–Trinajstić information content (AvgIpc) is 2.87. The average molecular weight is 515 g/mol. The zero-order valence-corrected chi connectivity index (χ0v) is 20.0. The fourth-order valence-corrected chi connectivity index (χ4v) is 3.54. The van der Waals surface area contributed by atoms with E-state index in [2.05, 4.69) is 15.3 Å².